The van der Waals surface area contributed by atoms with Gasteiger partial charge in [-0.3, -0.25) is 0 Å². The number of carboxylic acids is 1. The summed E-state index contributed by atoms with van der Waals surface area (Å²) in [4.78, 5) is 10.3. The van der Waals surface area contributed by atoms with Crippen molar-refractivity contribution in [3.8, 4) is 0 Å². The van der Waals surface area contributed by atoms with Crippen LogP contribution in [0.2, 0.25) is 5.02 Å². The zero-order valence-corrected chi connectivity index (χ0v) is 8.05. The van der Waals surface area contributed by atoms with Crippen molar-refractivity contribution < 1.29 is 20.0 Å². The van der Waals surface area contributed by atoms with Crippen LogP contribution in [-0.4, -0.2) is 5.97 Å². The van der Waals surface area contributed by atoms with E-state index in [0.29, 0.717) is 0 Å². The lowest BCUT2D eigenvalue weighted by Crippen LogP contribution is -2.55. The third kappa shape index (κ3) is 2.68. The third-order valence-electron chi connectivity index (χ3n) is 1.82. The summed E-state index contributed by atoms with van der Waals surface area (Å²) in [5.41, 5.74) is 3.77. The molecule has 0 bridgehead atoms. The molecule has 0 unspecified atom stereocenters. The number of benzene rings is 1. The van der Waals surface area contributed by atoms with E-state index < -0.39 is 17.8 Å². The molecule has 0 aliphatic rings. The van der Waals surface area contributed by atoms with Crippen molar-refractivity contribution in [2.24, 2.45) is 0 Å². The minimum absolute atomic E-state index is 0.235. The topological polar surface area (TPSA) is 67.8 Å². The highest BCUT2D eigenvalue weighted by Crippen LogP contribution is 2.19. The molecule has 0 saturated carbocycles. The predicted octanol–water partition coefficient (Wildman–Crippen LogP) is -0.0979. The van der Waals surface area contributed by atoms with Gasteiger partial charge in [-0.15, -0.1) is 0 Å². The van der Waals surface area contributed by atoms with Crippen LogP contribution in [0, 0.1) is 5.82 Å². The molecule has 5 heteroatoms. The van der Waals surface area contributed by atoms with Gasteiger partial charge in [0.15, 0.2) is 0 Å². The van der Waals surface area contributed by atoms with E-state index in [2.05, 4.69) is 5.73 Å². The molecule has 3 nitrogen and oxygen atoms in total. The fraction of sp³-hybridized carbons (Fsp3) is 0.222. The second-order valence-corrected chi connectivity index (χ2v) is 3.38. The summed E-state index contributed by atoms with van der Waals surface area (Å²) in [6, 6.07) is 3.40. The molecule has 0 amide bonds. The van der Waals surface area contributed by atoms with E-state index >= 15 is 0 Å². The highest BCUT2D eigenvalue weighted by Gasteiger charge is 2.14. The van der Waals surface area contributed by atoms with E-state index in [9.17, 15) is 14.3 Å². The minimum Gasteiger partial charge on any atom is -0.550 e. The predicted molar refractivity (Wildman–Crippen MR) is 46.7 cm³/mol. The first-order chi connectivity index (χ1) is 6.50. The van der Waals surface area contributed by atoms with E-state index in [1.807, 2.05) is 0 Å². The Hall–Kier alpha value is -1.13. The lowest BCUT2D eigenvalue weighted by Gasteiger charge is -2.10. The molecule has 0 aromatic heterocycles. The lowest BCUT2D eigenvalue weighted by molar-refractivity contribution is -0.431. The zero-order valence-electron chi connectivity index (χ0n) is 7.30. The SMILES string of the molecule is [NH3+][C@@H](CC(=O)[O-])c1ccc(Cl)cc1F. The normalized spacial score (nSPS) is 12.5. The molecule has 14 heavy (non-hydrogen) atoms. The Labute approximate surface area is 85.3 Å². The van der Waals surface area contributed by atoms with Gasteiger partial charge in [0.05, 0.1) is 0 Å². The van der Waals surface area contributed by atoms with Crippen LogP contribution in [0.25, 0.3) is 0 Å². The van der Waals surface area contributed by atoms with Crippen LogP contribution in [0.15, 0.2) is 18.2 Å². The Morgan fingerprint density at radius 1 is 1.64 bits per heavy atom. The largest absolute Gasteiger partial charge is 0.550 e. The molecular formula is C9H9ClFNO2. The van der Waals surface area contributed by atoms with Gasteiger partial charge in [0.25, 0.3) is 0 Å². The Morgan fingerprint density at radius 3 is 2.79 bits per heavy atom. The van der Waals surface area contributed by atoms with Gasteiger partial charge in [-0.05, 0) is 18.2 Å². The minimum atomic E-state index is -1.25. The van der Waals surface area contributed by atoms with Crippen LogP contribution >= 0.6 is 11.6 Å². The van der Waals surface area contributed by atoms with Gasteiger partial charge in [-0.1, -0.05) is 11.6 Å². The summed E-state index contributed by atoms with van der Waals surface area (Å²) in [7, 11) is 0. The van der Waals surface area contributed by atoms with Crippen molar-refractivity contribution in [1.29, 1.82) is 0 Å². The van der Waals surface area contributed by atoms with Crippen LogP contribution in [-0.2, 0) is 4.79 Å². The van der Waals surface area contributed by atoms with Crippen LogP contribution in [0.4, 0.5) is 4.39 Å². The van der Waals surface area contributed by atoms with Gasteiger partial charge in [0, 0.05) is 23.0 Å². The van der Waals surface area contributed by atoms with Crippen molar-refractivity contribution in [3.63, 3.8) is 0 Å². The van der Waals surface area contributed by atoms with E-state index in [1.54, 1.807) is 0 Å². The van der Waals surface area contributed by atoms with Gasteiger partial charge in [-0.25, -0.2) is 4.39 Å². The third-order valence-corrected chi connectivity index (χ3v) is 2.05. The molecule has 0 heterocycles. The smallest absolute Gasteiger partial charge is 0.133 e. The van der Waals surface area contributed by atoms with Crippen LogP contribution in [0.5, 0.6) is 0 Å². The molecule has 0 saturated heterocycles. The summed E-state index contributed by atoms with van der Waals surface area (Å²) < 4.78 is 13.2. The Balaban J connectivity index is 2.90. The van der Waals surface area contributed by atoms with Crippen molar-refractivity contribution >= 4 is 17.6 Å². The maximum atomic E-state index is 13.2. The number of carboxylic acid groups (broad SMARTS) is 1. The van der Waals surface area contributed by atoms with Gasteiger partial charge in [-0.2, -0.15) is 0 Å². The first-order valence-corrected chi connectivity index (χ1v) is 4.36. The summed E-state index contributed by atoms with van der Waals surface area (Å²) >= 11 is 5.54. The van der Waals surface area contributed by atoms with Gasteiger partial charge < -0.3 is 15.6 Å². The van der Waals surface area contributed by atoms with E-state index in [-0.39, 0.29) is 17.0 Å². The molecule has 0 radical (unpaired) electrons. The summed E-state index contributed by atoms with van der Waals surface area (Å²) in [5, 5.41) is 10.5. The number of hydrogen-bond donors (Lipinski definition) is 1. The number of quaternary nitrogens is 1. The van der Waals surface area contributed by atoms with Crippen molar-refractivity contribution in [2.75, 3.05) is 0 Å². The number of hydrogen-bond acceptors (Lipinski definition) is 2. The first-order valence-electron chi connectivity index (χ1n) is 3.98. The monoisotopic (exact) mass is 217 g/mol. The van der Waals surface area contributed by atoms with Gasteiger partial charge >= 0.3 is 0 Å². The standard InChI is InChI=1S/C9H9ClFNO2/c10-5-1-2-6(7(11)3-5)8(12)4-9(13)14/h1-3,8H,4,12H2,(H,13,14)/t8-/m0/s1. The molecule has 3 N–H and O–H groups in total. The summed E-state index contributed by atoms with van der Waals surface area (Å²) in [5.74, 6) is -1.79. The highest BCUT2D eigenvalue weighted by atomic mass is 35.5. The highest BCUT2D eigenvalue weighted by molar-refractivity contribution is 6.30. The van der Waals surface area contributed by atoms with Crippen molar-refractivity contribution in [2.45, 2.75) is 12.5 Å². The second-order valence-electron chi connectivity index (χ2n) is 2.94. The number of halogens is 2. The zero-order chi connectivity index (χ0) is 10.7. The van der Waals surface area contributed by atoms with Crippen LogP contribution in [0.3, 0.4) is 0 Å². The number of carbonyl (C=O) groups is 1. The van der Waals surface area contributed by atoms with E-state index in [0.717, 1.165) is 6.07 Å². The molecule has 1 atom stereocenters. The molecule has 0 spiro atoms. The van der Waals surface area contributed by atoms with Gasteiger partial charge in [0.2, 0.25) is 0 Å². The van der Waals surface area contributed by atoms with E-state index in [1.165, 1.54) is 12.1 Å². The molecular weight excluding hydrogens is 209 g/mol. The number of carbonyl (C=O) groups excluding carboxylic acids is 1. The van der Waals surface area contributed by atoms with Crippen molar-refractivity contribution in [3.05, 3.63) is 34.6 Å². The van der Waals surface area contributed by atoms with Crippen LogP contribution < -0.4 is 10.8 Å². The van der Waals surface area contributed by atoms with Crippen LogP contribution in [0.1, 0.15) is 18.0 Å². The number of aliphatic carboxylic acids is 1. The Morgan fingerprint density at radius 2 is 2.29 bits per heavy atom. The van der Waals surface area contributed by atoms with E-state index in [4.69, 9.17) is 11.6 Å². The molecule has 0 aliphatic carbocycles. The molecule has 1 aromatic rings. The summed E-state index contributed by atoms with van der Waals surface area (Å²) in [6.07, 6.45) is -0.307. The molecule has 0 aliphatic heterocycles. The average molecular weight is 218 g/mol. The summed E-state index contributed by atoms with van der Waals surface area (Å²) in [6.45, 7) is 0. The quantitative estimate of drug-likeness (QED) is 0.769. The van der Waals surface area contributed by atoms with Crippen molar-refractivity contribution in [1.82, 2.24) is 0 Å². The fourth-order valence-electron chi connectivity index (χ4n) is 1.14. The second kappa shape index (κ2) is 4.39. The maximum Gasteiger partial charge on any atom is 0.133 e. The fourth-order valence-corrected chi connectivity index (χ4v) is 1.30. The Bertz CT molecular complexity index is 357. The maximum absolute atomic E-state index is 13.2. The van der Waals surface area contributed by atoms with Gasteiger partial charge in [0.1, 0.15) is 11.9 Å². The number of rotatable bonds is 3. The molecule has 76 valence electrons. The molecule has 0 fully saturated rings. The molecule has 1 rings (SSSR count). The first kappa shape index (κ1) is 10.9. The lowest BCUT2D eigenvalue weighted by atomic mass is 10.0. The average Bonchev–Trinajstić information content (AvgIpc) is 2.01. The molecule has 1 aromatic carbocycles. The Kier molecular flexibility index (Phi) is 3.43.